The number of anilines is 1. The Balaban J connectivity index is 2.13. The number of ether oxygens (including phenoxy) is 1. The van der Waals surface area contributed by atoms with Crippen molar-refractivity contribution in [2.75, 3.05) is 19.4 Å². The number of hydrogen-bond acceptors (Lipinski definition) is 4. The first-order valence-electron chi connectivity index (χ1n) is 4.33. The zero-order chi connectivity index (χ0) is 10.4. The predicted molar refractivity (Wildman–Crippen MR) is 51.7 cm³/mol. The molecule has 0 spiro atoms. The number of methoxy groups -OCH3 is 1. The van der Waals surface area contributed by atoms with Gasteiger partial charge < -0.3 is 20.8 Å². The van der Waals surface area contributed by atoms with Gasteiger partial charge in [-0.25, -0.2) is 9.78 Å². The fourth-order valence-electron chi connectivity index (χ4n) is 1.05. The molecular weight excluding hydrogens is 184 g/mol. The summed E-state index contributed by atoms with van der Waals surface area (Å²) in [5.74, 6) is 0.418. The van der Waals surface area contributed by atoms with Crippen molar-refractivity contribution in [3.8, 4) is 0 Å². The Morgan fingerprint density at radius 3 is 3.14 bits per heavy atom. The van der Waals surface area contributed by atoms with Crippen LogP contribution in [-0.4, -0.2) is 29.7 Å². The van der Waals surface area contributed by atoms with Crippen molar-refractivity contribution in [2.45, 2.75) is 12.8 Å². The number of H-pyrrole nitrogens is 1. The number of nitrogens with zero attached hydrogens (tertiary/aromatic N) is 1. The van der Waals surface area contributed by atoms with E-state index in [0.717, 1.165) is 18.5 Å². The Morgan fingerprint density at radius 2 is 2.57 bits per heavy atom. The number of hydrogen-bond donors (Lipinski definition) is 3. The fourth-order valence-corrected chi connectivity index (χ4v) is 1.05. The molecule has 0 aromatic carbocycles. The SMILES string of the molecule is COC(=O)NCCCc1cnc(N)[nH]1. The third-order valence-corrected chi connectivity index (χ3v) is 1.73. The van der Waals surface area contributed by atoms with E-state index in [9.17, 15) is 4.79 Å². The minimum Gasteiger partial charge on any atom is -0.453 e. The van der Waals surface area contributed by atoms with Gasteiger partial charge in [0.1, 0.15) is 0 Å². The topological polar surface area (TPSA) is 93.0 Å². The first kappa shape index (κ1) is 10.4. The molecule has 0 saturated heterocycles. The summed E-state index contributed by atoms with van der Waals surface area (Å²) in [4.78, 5) is 17.4. The monoisotopic (exact) mass is 198 g/mol. The Morgan fingerprint density at radius 1 is 1.79 bits per heavy atom. The number of amides is 1. The van der Waals surface area contributed by atoms with Gasteiger partial charge in [-0.05, 0) is 12.8 Å². The van der Waals surface area contributed by atoms with Crippen molar-refractivity contribution >= 4 is 12.0 Å². The van der Waals surface area contributed by atoms with Gasteiger partial charge in [0, 0.05) is 12.2 Å². The van der Waals surface area contributed by atoms with E-state index < -0.39 is 6.09 Å². The van der Waals surface area contributed by atoms with Crippen molar-refractivity contribution in [3.05, 3.63) is 11.9 Å². The second kappa shape index (κ2) is 5.11. The number of nitrogens with one attached hydrogen (secondary N) is 2. The number of aryl methyl sites for hydroxylation is 1. The van der Waals surface area contributed by atoms with Crippen LogP contribution >= 0.6 is 0 Å². The predicted octanol–water partition coefficient (Wildman–Crippen LogP) is 0.280. The lowest BCUT2D eigenvalue weighted by molar-refractivity contribution is 0.171. The minimum atomic E-state index is -0.408. The summed E-state index contributed by atoms with van der Waals surface area (Å²) in [6.45, 7) is 0.575. The molecule has 1 heterocycles. The van der Waals surface area contributed by atoms with Crippen LogP contribution in [0.3, 0.4) is 0 Å². The number of nitrogen functional groups attached to an aromatic ring is 1. The molecule has 0 fully saturated rings. The zero-order valence-electron chi connectivity index (χ0n) is 8.04. The summed E-state index contributed by atoms with van der Waals surface area (Å²) in [5.41, 5.74) is 6.36. The summed E-state index contributed by atoms with van der Waals surface area (Å²) in [6, 6.07) is 0. The van der Waals surface area contributed by atoms with Gasteiger partial charge in [-0.3, -0.25) is 0 Å². The molecule has 0 unspecified atom stereocenters. The highest BCUT2D eigenvalue weighted by molar-refractivity contribution is 5.66. The van der Waals surface area contributed by atoms with Crippen LogP contribution in [0.5, 0.6) is 0 Å². The molecule has 78 valence electrons. The lowest BCUT2D eigenvalue weighted by Gasteiger charge is -2.01. The van der Waals surface area contributed by atoms with Gasteiger partial charge in [0.2, 0.25) is 0 Å². The maximum absolute atomic E-state index is 10.7. The lowest BCUT2D eigenvalue weighted by atomic mass is 10.2. The van der Waals surface area contributed by atoms with E-state index in [2.05, 4.69) is 20.0 Å². The first-order chi connectivity index (χ1) is 6.72. The highest BCUT2D eigenvalue weighted by atomic mass is 16.5. The van der Waals surface area contributed by atoms with Crippen LogP contribution < -0.4 is 11.1 Å². The van der Waals surface area contributed by atoms with Gasteiger partial charge in [-0.15, -0.1) is 0 Å². The van der Waals surface area contributed by atoms with Crippen LogP contribution in [0.1, 0.15) is 12.1 Å². The molecule has 0 bridgehead atoms. The molecule has 6 heteroatoms. The van der Waals surface area contributed by atoms with E-state index in [1.54, 1.807) is 6.20 Å². The molecule has 0 aliphatic rings. The molecular formula is C8H14N4O2. The Kier molecular flexibility index (Phi) is 3.78. The first-order valence-corrected chi connectivity index (χ1v) is 4.33. The molecule has 0 saturated carbocycles. The molecule has 0 aliphatic carbocycles. The number of nitrogens with two attached hydrogens (primary N) is 1. The highest BCUT2D eigenvalue weighted by Gasteiger charge is 1.99. The summed E-state index contributed by atoms with van der Waals surface area (Å²) >= 11 is 0. The number of aromatic amines is 1. The number of alkyl carbamates (subject to hydrolysis) is 1. The maximum atomic E-state index is 10.7. The second-order valence-electron chi connectivity index (χ2n) is 2.82. The van der Waals surface area contributed by atoms with Crippen LogP contribution in [0.25, 0.3) is 0 Å². The fraction of sp³-hybridized carbons (Fsp3) is 0.500. The van der Waals surface area contributed by atoms with Crippen LogP contribution in [-0.2, 0) is 11.2 Å². The molecule has 0 aliphatic heterocycles. The maximum Gasteiger partial charge on any atom is 0.406 e. The molecule has 1 aromatic heterocycles. The van der Waals surface area contributed by atoms with Crippen LogP contribution in [0.4, 0.5) is 10.7 Å². The number of imidazole rings is 1. The van der Waals surface area contributed by atoms with E-state index in [-0.39, 0.29) is 0 Å². The van der Waals surface area contributed by atoms with Gasteiger partial charge in [0.15, 0.2) is 5.95 Å². The Hall–Kier alpha value is -1.72. The molecule has 1 amide bonds. The molecule has 1 rings (SSSR count). The van der Waals surface area contributed by atoms with E-state index in [1.807, 2.05) is 0 Å². The zero-order valence-corrected chi connectivity index (χ0v) is 8.04. The van der Waals surface area contributed by atoms with Gasteiger partial charge in [0.25, 0.3) is 0 Å². The molecule has 6 nitrogen and oxygen atoms in total. The van der Waals surface area contributed by atoms with Crippen molar-refractivity contribution < 1.29 is 9.53 Å². The van der Waals surface area contributed by atoms with Gasteiger partial charge >= 0.3 is 6.09 Å². The third kappa shape index (κ3) is 3.34. The number of aromatic nitrogens is 2. The number of rotatable bonds is 4. The largest absolute Gasteiger partial charge is 0.453 e. The number of carbonyl (C=O) groups excluding carboxylic acids is 1. The quantitative estimate of drug-likeness (QED) is 0.606. The summed E-state index contributed by atoms with van der Waals surface area (Å²) < 4.78 is 4.42. The van der Waals surface area contributed by atoms with E-state index in [0.29, 0.717) is 12.5 Å². The van der Waals surface area contributed by atoms with E-state index in [4.69, 9.17) is 5.73 Å². The smallest absolute Gasteiger partial charge is 0.406 e. The average molecular weight is 198 g/mol. The summed E-state index contributed by atoms with van der Waals surface area (Å²) in [5, 5.41) is 2.58. The van der Waals surface area contributed by atoms with Gasteiger partial charge in [0.05, 0.1) is 13.3 Å². The van der Waals surface area contributed by atoms with E-state index >= 15 is 0 Å². The van der Waals surface area contributed by atoms with Crippen molar-refractivity contribution in [1.82, 2.24) is 15.3 Å². The Bertz CT molecular complexity index is 297. The third-order valence-electron chi connectivity index (χ3n) is 1.73. The van der Waals surface area contributed by atoms with Gasteiger partial charge in [-0.2, -0.15) is 0 Å². The molecule has 0 radical (unpaired) electrons. The molecule has 14 heavy (non-hydrogen) atoms. The lowest BCUT2D eigenvalue weighted by Crippen LogP contribution is -2.24. The minimum absolute atomic E-state index is 0.408. The van der Waals surface area contributed by atoms with Crippen molar-refractivity contribution in [1.29, 1.82) is 0 Å². The summed E-state index contributed by atoms with van der Waals surface area (Å²) in [7, 11) is 1.34. The standard InChI is InChI=1S/C8H14N4O2/c1-14-8(13)10-4-2-3-6-5-11-7(9)12-6/h5H,2-4H2,1H3,(H,10,13)(H3,9,11,12). The molecule has 0 atom stereocenters. The highest BCUT2D eigenvalue weighted by Crippen LogP contribution is 2.00. The molecule has 1 aromatic rings. The van der Waals surface area contributed by atoms with Crippen molar-refractivity contribution in [2.24, 2.45) is 0 Å². The Labute approximate surface area is 81.8 Å². The van der Waals surface area contributed by atoms with E-state index in [1.165, 1.54) is 7.11 Å². The van der Waals surface area contributed by atoms with Gasteiger partial charge in [-0.1, -0.05) is 0 Å². The average Bonchev–Trinajstić information content (AvgIpc) is 2.58. The van der Waals surface area contributed by atoms with Crippen LogP contribution in [0.15, 0.2) is 6.20 Å². The second-order valence-corrected chi connectivity index (χ2v) is 2.82. The molecule has 4 N–H and O–H groups in total. The van der Waals surface area contributed by atoms with Crippen molar-refractivity contribution in [3.63, 3.8) is 0 Å². The van der Waals surface area contributed by atoms with Crippen LogP contribution in [0, 0.1) is 0 Å². The van der Waals surface area contributed by atoms with Crippen LogP contribution in [0.2, 0.25) is 0 Å². The summed E-state index contributed by atoms with van der Waals surface area (Å²) in [6.07, 6.45) is 2.90. The normalized spacial score (nSPS) is 9.79. The number of carbonyl (C=O) groups is 1.